The van der Waals surface area contributed by atoms with Crippen LogP contribution in [-0.2, 0) is 27.1 Å². The lowest BCUT2D eigenvalue weighted by Crippen LogP contribution is -2.61. The quantitative estimate of drug-likeness (QED) is 0.164. The average molecular weight is 1180 g/mol. The van der Waals surface area contributed by atoms with Crippen molar-refractivity contribution < 1.29 is 4.42 Å². The van der Waals surface area contributed by atoms with Crippen LogP contribution in [0.1, 0.15) is 169 Å². The number of rotatable bonds is 4. The molecule has 0 N–H and O–H groups in total. The number of nitrogens with zero attached hydrogens (tertiary/aromatic N) is 4. The van der Waals surface area contributed by atoms with Crippen LogP contribution in [0, 0.1) is 0 Å². The second-order valence-corrected chi connectivity index (χ2v) is 32.6. The normalized spacial score (nSPS) is 22.8. The van der Waals surface area contributed by atoms with Crippen molar-refractivity contribution >= 4 is 133 Å². The summed E-state index contributed by atoms with van der Waals surface area (Å²) >= 11 is 1.91. The summed E-state index contributed by atoms with van der Waals surface area (Å²) in [6, 6.07) is 67.3. The van der Waals surface area contributed by atoms with Gasteiger partial charge in [0, 0.05) is 81.9 Å². The van der Waals surface area contributed by atoms with E-state index >= 15 is 0 Å². The minimum Gasteiger partial charge on any atom is -0.456 e. The lowest BCUT2D eigenvalue weighted by Gasteiger charge is -2.51. The third-order valence-electron chi connectivity index (χ3n) is 23.6. The zero-order valence-electron chi connectivity index (χ0n) is 54.5. The van der Waals surface area contributed by atoms with Crippen LogP contribution < -0.4 is 36.0 Å². The van der Waals surface area contributed by atoms with Gasteiger partial charge >= 0.3 is 0 Å². The van der Waals surface area contributed by atoms with Crippen molar-refractivity contribution in [3.05, 3.63) is 198 Å². The van der Waals surface area contributed by atoms with Gasteiger partial charge in [0.1, 0.15) is 11.2 Å². The Morgan fingerprint density at radius 2 is 0.865 bits per heavy atom. The number of para-hydroxylation sites is 1. The summed E-state index contributed by atoms with van der Waals surface area (Å²) in [5.74, 6) is 0. The smallest absolute Gasteiger partial charge is 0.252 e. The molecule has 0 bridgehead atoms. The lowest BCUT2D eigenvalue weighted by atomic mass is 9.33. The molecule has 0 saturated heterocycles. The number of hydrogen-bond donors (Lipinski definition) is 0. The Balaban J connectivity index is 1.02. The molecule has 6 heterocycles. The van der Waals surface area contributed by atoms with E-state index < -0.39 is 0 Å². The third-order valence-corrected chi connectivity index (χ3v) is 24.7. The number of furan rings is 1. The maximum absolute atomic E-state index is 6.94. The van der Waals surface area contributed by atoms with Gasteiger partial charge in [-0.05, 0) is 179 Å². The molecule has 7 heteroatoms. The number of thiophene rings is 1. The Morgan fingerprint density at radius 3 is 1.48 bits per heavy atom. The van der Waals surface area contributed by atoms with Gasteiger partial charge < -0.3 is 24.0 Å². The van der Waals surface area contributed by atoms with E-state index in [0.717, 1.165) is 46.9 Å². The largest absolute Gasteiger partial charge is 0.456 e. The molecule has 0 radical (unpaired) electrons. The Labute approximate surface area is 531 Å². The predicted octanol–water partition coefficient (Wildman–Crippen LogP) is 21.4. The standard InChI is InChI=1S/C82H83BN4OS/c1-76(2,3)50-33-38-61-57(44-50)79(10)40-18-20-42-81(79,12)86(61)53-35-37-60-66(47-53)84(63-26-22-29-70-73(63)55-24-14-16-28-69(55)88-70)67-48-54(87-62-39-34-51(77(4,5)6)45-58(62)80(11)41-19-21-43-82(80,87)13)49-68-75(67)83(60)59-36-32-52(78(7,8)9)46-65(59)85(68)64-27-23-31-72-74(64)56-25-15-17-30-71(56)89-72/h14-17,22-39,44-49H,18-21,40-43H2,1-13H3. The molecule has 2 saturated carbocycles. The molecule has 9 aromatic carbocycles. The van der Waals surface area contributed by atoms with E-state index in [1.807, 2.05) is 11.3 Å². The lowest BCUT2D eigenvalue weighted by molar-refractivity contribution is 0.195. The van der Waals surface area contributed by atoms with E-state index in [1.165, 1.54) is 148 Å². The molecule has 4 aliphatic heterocycles. The Kier molecular flexibility index (Phi) is 11.5. The second kappa shape index (κ2) is 18.5. The number of benzene rings is 9. The Morgan fingerprint density at radius 1 is 0.393 bits per heavy atom. The molecule has 2 aromatic heterocycles. The Bertz CT molecular complexity index is 4830. The summed E-state index contributed by atoms with van der Waals surface area (Å²) in [6.45, 7) is 31.7. The fourth-order valence-corrected chi connectivity index (χ4v) is 19.4. The molecule has 0 spiro atoms. The van der Waals surface area contributed by atoms with Crippen molar-refractivity contribution in [2.24, 2.45) is 0 Å². The van der Waals surface area contributed by atoms with Gasteiger partial charge in [-0.2, -0.15) is 0 Å². The average Bonchev–Trinajstić information content (AvgIpc) is 1.68. The topological polar surface area (TPSA) is 26.1 Å². The van der Waals surface area contributed by atoms with Crippen LogP contribution in [0.15, 0.2) is 174 Å². The minimum atomic E-state index is -0.214. The first-order valence-corrected chi connectivity index (χ1v) is 34.1. The van der Waals surface area contributed by atoms with Crippen LogP contribution in [-0.4, -0.2) is 17.8 Å². The molecule has 4 atom stereocenters. The SMILES string of the molecule is CC(C)(C)c1ccc2c(c1)N(c1cccc3sc4ccccc4c13)c1cc(N3c4ccc(C(C)(C)C)cc4C4(C)CCCCC34C)cc3c1B2c1ccc(N2c4ccc(C(C)(C)C)cc4C4(C)CCCCC24C)cc1N3c1cccc2oc3ccccc3c12. The molecular weight excluding hydrogens is 1100 g/mol. The summed E-state index contributed by atoms with van der Waals surface area (Å²) in [7, 11) is 0. The van der Waals surface area contributed by atoms with Gasteiger partial charge in [0.2, 0.25) is 0 Å². The minimum absolute atomic E-state index is 0.00605. The number of anilines is 10. The van der Waals surface area contributed by atoms with Crippen molar-refractivity contribution in [3.63, 3.8) is 0 Å². The van der Waals surface area contributed by atoms with Gasteiger partial charge in [0.15, 0.2) is 0 Å². The van der Waals surface area contributed by atoms with E-state index in [0.29, 0.717) is 0 Å². The number of hydrogen-bond acceptors (Lipinski definition) is 6. The first-order chi connectivity index (χ1) is 42.5. The molecule has 2 aliphatic carbocycles. The van der Waals surface area contributed by atoms with Gasteiger partial charge in [-0.15, -0.1) is 11.3 Å². The molecule has 6 aliphatic rings. The van der Waals surface area contributed by atoms with E-state index in [9.17, 15) is 0 Å². The first kappa shape index (κ1) is 55.3. The molecule has 4 unspecified atom stereocenters. The van der Waals surface area contributed by atoms with Crippen LogP contribution in [0.25, 0.3) is 42.1 Å². The summed E-state index contributed by atoms with van der Waals surface area (Å²) in [4.78, 5) is 11.1. The molecule has 0 amide bonds. The van der Waals surface area contributed by atoms with Crippen molar-refractivity contribution in [1.29, 1.82) is 0 Å². The van der Waals surface area contributed by atoms with Crippen LogP contribution in [0.3, 0.4) is 0 Å². The maximum Gasteiger partial charge on any atom is 0.252 e. The maximum atomic E-state index is 6.94. The summed E-state index contributed by atoms with van der Waals surface area (Å²) < 4.78 is 9.55. The van der Waals surface area contributed by atoms with Crippen LogP contribution >= 0.6 is 11.3 Å². The van der Waals surface area contributed by atoms with Crippen molar-refractivity contribution in [2.45, 2.75) is 180 Å². The van der Waals surface area contributed by atoms with E-state index in [2.05, 4.69) is 279 Å². The van der Waals surface area contributed by atoms with Crippen molar-refractivity contribution in [2.75, 3.05) is 19.6 Å². The zero-order valence-corrected chi connectivity index (χ0v) is 55.3. The Hall–Kier alpha value is -7.74. The fraction of sp³-hybridized carbons (Fsp3) is 0.341. The van der Waals surface area contributed by atoms with Crippen LogP contribution in [0.2, 0.25) is 0 Å². The van der Waals surface area contributed by atoms with Crippen LogP contribution in [0.5, 0.6) is 0 Å². The van der Waals surface area contributed by atoms with Crippen molar-refractivity contribution in [1.82, 2.24) is 0 Å². The first-order valence-electron chi connectivity index (χ1n) is 33.3. The molecule has 17 rings (SSSR count). The molecule has 89 heavy (non-hydrogen) atoms. The third kappa shape index (κ3) is 7.49. The van der Waals surface area contributed by atoms with Gasteiger partial charge in [-0.3, -0.25) is 0 Å². The fourth-order valence-electron chi connectivity index (χ4n) is 18.3. The van der Waals surface area contributed by atoms with Gasteiger partial charge in [0.05, 0.1) is 27.8 Å². The highest BCUT2D eigenvalue weighted by atomic mass is 32.1. The number of fused-ring (bicyclic) bond motifs is 16. The van der Waals surface area contributed by atoms with Crippen LogP contribution in [0.4, 0.5) is 56.9 Å². The van der Waals surface area contributed by atoms with E-state index in [4.69, 9.17) is 4.42 Å². The summed E-state index contributed by atoms with van der Waals surface area (Å²) in [5, 5.41) is 4.87. The highest BCUT2D eigenvalue weighted by molar-refractivity contribution is 7.26. The highest BCUT2D eigenvalue weighted by Gasteiger charge is 2.60. The monoisotopic (exact) mass is 1180 g/mol. The van der Waals surface area contributed by atoms with Gasteiger partial charge in [0.25, 0.3) is 6.71 Å². The molecule has 446 valence electrons. The zero-order chi connectivity index (χ0) is 61.3. The van der Waals surface area contributed by atoms with E-state index in [1.54, 1.807) is 0 Å². The second-order valence-electron chi connectivity index (χ2n) is 31.5. The van der Waals surface area contributed by atoms with Crippen molar-refractivity contribution in [3.8, 4) is 0 Å². The van der Waals surface area contributed by atoms with Gasteiger partial charge in [-0.25, -0.2) is 0 Å². The molecule has 5 nitrogen and oxygen atoms in total. The predicted molar refractivity (Wildman–Crippen MR) is 382 cm³/mol. The molecular formula is C82H83BN4OS. The van der Waals surface area contributed by atoms with E-state index in [-0.39, 0.29) is 44.9 Å². The molecule has 11 aromatic rings. The van der Waals surface area contributed by atoms with Gasteiger partial charge in [-0.1, -0.05) is 193 Å². The molecule has 2 fully saturated rings. The summed E-state index contributed by atoms with van der Waals surface area (Å²) in [5.41, 5.74) is 24.8. The highest BCUT2D eigenvalue weighted by Crippen LogP contribution is 2.65. The summed E-state index contributed by atoms with van der Waals surface area (Å²) in [6.07, 6.45) is 9.41.